The molecule has 1 unspecified atom stereocenters. The Balaban J connectivity index is 2.52. The molecule has 1 aliphatic heterocycles. The predicted octanol–water partition coefficient (Wildman–Crippen LogP) is 5.73. The van der Waals surface area contributed by atoms with Crippen molar-refractivity contribution in [3.8, 4) is 6.07 Å². The van der Waals surface area contributed by atoms with Crippen LogP contribution in [0.25, 0.3) is 0 Å². The number of anilines is 1. The van der Waals surface area contributed by atoms with Crippen molar-refractivity contribution >= 4 is 19.9 Å². The van der Waals surface area contributed by atoms with Crippen molar-refractivity contribution in [2.24, 2.45) is 5.41 Å². The molecule has 4 nitrogen and oxygen atoms in total. The van der Waals surface area contributed by atoms with Gasteiger partial charge in [0.15, 0.2) is 8.32 Å². The van der Waals surface area contributed by atoms with Crippen molar-refractivity contribution < 1.29 is 22.4 Å². The van der Waals surface area contributed by atoms with E-state index < -0.39 is 43.2 Å². The number of rotatable bonds is 3. The lowest BCUT2D eigenvalue weighted by Crippen LogP contribution is -2.49. The molecule has 0 aromatic heterocycles. The van der Waals surface area contributed by atoms with Gasteiger partial charge in [-0.2, -0.15) is 18.4 Å². The number of carbonyl (C=O) groups excluding carboxylic acids is 1. The molecule has 160 valence electrons. The molecular weight excluding hydrogens is 397 g/mol. The largest absolute Gasteiger partial charge is 0.417 e. The molecule has 0 radical (unpaired) electrons. The van der Waals surface area contributed by atoms with Crippen LogP contribution in [0.3, 0.4) is 0 Å². The van der Waals surface area contributed by atoms with Crippen LogP contribution >= 0.6 is 0 Å². The Labute approximate surface area is 171 Å². The normalized spacial score (nSPS) is 22.7. The zero-order valence-electron chi connectivity index (χ0n) is 18.2. The van der Waals surface area contributed by atoms with Crippen LogP contribution in [0.2, 0.25) is 18.1 Å². The van der Waals surface area contributed by atoms with Gasteiger partial charge in [0.1, 0.15) is 0 Å². The molecule has 29 heavy (non-hydrogen) atoms. The Kier molecular flexibility index (Phi) is 5.76. The van der Waals surface area contributed by atoms with Gasteiger partial charge in [-0.05, 0) is 57.1 Å². The number of halogens is 3. The molecule has 1 aliphatic rings. The van der Waals surface area contributed by atoms with Crippen LogP contribution in [0, 0.1) is 16.7 Å². The van der Waals surface area contributed by atoms with Gasteiger partial charge in [-0.25, -0.2) is 0 Å². The molecule has 1 aromatic rings. The van der Waals surface area contributed by atoms with Gasteiger partial charge in [-0.1, -0.05) is 20.8 Å². The molecule has 0 bridgehead atoms. The minimum absolute atomic E-state index is 0.0723. The topological polar surface area (TPSA) is 53.3 Å². The maximum absolute atomic E-state index is 13.4. The third kappa shape index (κ3) is 4.08. The second-order valence-electron chi connectivity index (χ2n) is 9.78. The molecule has 0 N–H and O–H groups in total. The van der Waals surface area contributed by atoms with E-state index in [0.29, 0.717) is 0 Å². The van der Waals surface area contributed by atoms with Gasteiger partial charge in [-0.15, -0.1) is 0 Å². The van der Waals surface area contributed by atoms with Crippen molar-refractivity contribution in [1.29, 1.82) is 5.26 Å². The first-order chi connectivity index (χ1) is 12.9. The number of nitriles is 1. The molecule has 2 rings (SSSR count). The zero-order chi connectivity index (χ0) is 22.6. The Morgan fingerprint density at radius 3 is 2.21 bits per heavy atom. The van der Waals surface area contributed by atoms with Crippen LogP contribution < -0.4 is 4.90 Å². The van der Waals surface area contributed by atoms with Gasteiger partial charge in [-0.3, -0.25) is 4.79 Å². The van der Waals surface area contributed by atoms with Crippen LogP contribution in [0.4, 0.5) is 18.9 Å². The number of benzene rings is 1. The first-order valence-corrected chi connectivity index (χ1v) is 12.5. The molecule has 1 fully saturated rings. The summed E-state index contributed by atoms with van der Waals surface area (Å²) >= 11 is 0. The minimum Gasteiger partial charge on any atom is -0.411 e. The number of hydrogen-bond acceptors (Lipinski definition) is 3. The molecule has 0 aliphatic carbocycles. The third-order valence-corrected chi connectivity index (χ3v) is 10.7. The lowest BCUT2D eigenvalue weighted by molar-refractivity contribution is -0.137. The fourth-order valence-corrected chi connectivity index (χ4v) is 4.94. The first kappa shape index (κ1) is 23.4. The van der Waals surface area contributed by atoms with E-state index in [4.69, 9.17) is 9.69 Å². The summed E-state index contributed by atoms with van der Waals surface area (Å²) < 4.78 is 46.8. The van der Waals surface area contributed by atoms with E-state index in [9.17, 15) is 18.0 Å². The maximum Gasteiger partial charge on any atom is 0.417 e. The van der Waals surface area contributed by atoms with E-state index in [1.165, 1.54) is 11.0 Å². The summed E-state index contributed by atoms with van der Waals surface area (Å²) in [6, 6.07) is 4.53. The van der Waals surface area contributed by atoms with Gasteiger partial charge in [0.25, 0.3) is 0 Å². The zero-order valence-corrected chi connectivity index (χ0v) is 19.2. The summed E-state index contributed by atoms with van der Waals surface area (Å²) in [5, 5.41) is 8.95. The highest BCUT2D eigenvalue weighted by atomic mass is 28.4. The van der Waals surface area contributed by atoms with E-state index in [-0.39, 0.29) is 16.6 Å². The molecule has 2 atom stereocenters. The number of nitrogens with zero attached hydrogens (tertiary/aromatic N) is 2. The molecule has 0 saturated carbocycles. The van der Waals surface area contributed by atoms with Crippen LogP contribution in [-0.4, -0.2) is 26.4 Å². The van der Waals surface area contributed by atoms with E-state index in [1.54, 1.807) is 26.8 Å². The lowest BCUT2D eigenvalue weighted by Gasteiger charge is -2.42. The Bertz CT molecular complexity index is 851. The third-order valence-electron chi connectivity index (χ3n) is 6.26. The minimum atomic E-state index is -4.68. The molecular formula is C21H29F3N2O2Si. The van der Waals surface area contributed by atoms with E-state index in [2.05, 4.69) is 33.9 Å². The van der Waals surface area contributed by atoms with Crippen LogP contribution in [0.5, 0.6) is 0 Å². The standard InChI is InChI=1S/C21H29F3N2O2Si/c1-13-17(28-29(7,8)19(2,3)4)20(5,6)18(27)26(13)15-10-9-14(12-25)16(11-15)21(22,23)24/h9-11,13,17H,1-8H3/t13-,17?/m0/s1. The summed E-state index contributed by atoms with van der Waals surface area (Å²) in [5.74, 6) is -0.286. The van der Waals surface area contributed by atoms with Gasteiger partial charge in [0.05, 0.1) is 34.8 Å². The molecule has 1 heterocycles. The number of carbonyl (C=O) groups is 1. The molecule has 1 saturated heterocycles. The van der Waals surface area contributed by atoms with Crippen LogP contribution in [0.15, 0.2) is 18.2 Å². The monoisotopic (exact) mass is 426 g/mol. The van der Waals surface area contributed by atoms with Gasteiger partial charge < -0.3 is 9.33 Å². The molecule has 8 heteroatoms. The van der Waals surface area contributed by atoms with Crippen molar-refractivity contribution in [3.05, 3.63) is 29.3 Å². The van der Waals surface area contributed by atoms with Crippen molar-refractivity contribution in [3.63, 3.8) is 0 Å². The quantitative estimate of drug-likeness (QED) is 0.580. The van der Waals surface area contributed by atoms with Gasteiger partial charge in [0, 0.05) is 5.69 Å². The average Bonchev–Trinajstić information content (AvgIpc) is 2.72. The number of amides is 1. The first-order valence-electron chi connectivity index (χ1n) is 9.58. The van der Waals surface area contributed by atoms with E-state index in [1.807, 2.05) is 0 Å². The number of alkyl halides is 3. The highest BCUT2D eigenvalue weighted by molar-refractivity contribution is 6.74. The number of hydrogen-bond donors (Lipinski definition) is 0. The average molecular weight is 427 g/mol. The second-order valence-corrected chi connectivity index (χ2v) is 14.5. The summed E-state index contributed by atoms with van der Waals surface area (Å²) in [6.45, 7) is 15.8. The van der Waals surface area contributed by atoms with E-state index in [0.717, 1.165) is 12.1 Å². The Morgan fingerprint density at radius 1 is 1.21 bits per heavy atom. The van der Waals surface area contributed by atoms with Crippen molar-refractivity contribution in [2.45, 2.75) is 78.0 Å². The Hall–Kier alpha value is -1.85. The lowest BCUT2D eigenvalue weighted by atomic mass is 9.87. The second kappa shape index (κ2) is 7.13. The summed E-state index contributed by atoms with van der Waals surface area (Å²) in [6.07, 6.45) is -5.14. The molecule has 1 amide bonds. The molecule has 1 aromatic carbocycles. The summed E-state index contributed by atoms with van der Waals surface area (Å²) in [7, 11) is -2.22. The van der Waals surface area contributed by atoms with Crippen molar-refractivity contribution in [2.75, 3.05) is 4.90 Å². The van der Waals surface area contributed by atoms with E-state index >= 15 is 0 Å². The fraction of sp³-hybridized carbons (Fsp3) is 0.619. The van der Waals surface area contributed by atoms with Gasteiger partial charge >= 0.3 is 6.18 Å². The van der Waals surface area contributed by atoms with Crippen LogP contribution in [-0.2, 0) is 15.4 Å². The van der Waals surface area contributed by atoms with Crippen molar-refractivity contribution in [1.82, 2.24) is 0 Å². The maximum atomic E-state index is 13.4. The predicted molar refractivity (Wildman–Crippen MR) is 109 cm³/mol. The Morgan fingerprint density at radius 2 is 1.76 bits per heavy atom. The van der Waals surface area contributed by atoms with Gasteiger partial charge in [0.2, 0.25) is 5.91 Å². The summed E-state index contributed by atoms with van der Waals surface area (Å²) in [5.41, 5.74) is -2.26. The smallest absolute Gasteiger partial charge is 0.411 e. The fourth-order valence-electron chi connectivity index (χ4n) is 3.46. The highest BCUT2D eigenvalue weighted by Gasteiger charge is 2.56. The van der Waals surface area contributed by atoms with Crippen LogP contribution in [0.1, 0.15) is 52.7 Å². The summed E-state index contributed by atoms with van der Waals surface area (Å²) in [4.78, 5) is 14.6. The SMILES string of the molecule is C[C@H]1C(O[Si](C)(C)C(C)(C)C)C(C)(C)C(=O)N1c1ccc(C#N)c(C(F)(F)F)c1. The molecule has 0 spiro atoms. The highest BCUT2D eigenvalue weighted by Crippen LogP contribution is 2.46.